The maximum Gasteiger partial charge on any atom is 0.226 e. The van der Waals surface area contributed by atoms with Gasteiger partial charge in [-0.15, -0.1) is 0 Å². The third-order valence-corrected chi connectivity index (χ3v) is 5.64. The third-order valence-electron chi connectivity index (χ3n) is 5.64. The number of hydrogen-bond donors (Lipinski definition) is 1. The van der Waals surface area contributed by atoms with Crippen molar-refractivity contribution in [2.45, 2.75) is 39.2 Å². The molecule has 2 fully saturated rings. The van der Waals surface area contributed by atoms with Crippen LogP contribution in [0.3, 0.4) is 0 Å². The maximum absolute atomic E-state index is 12.8. The van der Waals surface area contributed by atoms with Gasteiger partial charge in [0, 0.05) is 37.4 Å². The van der Waals surface area contributed by atoms with Crippen LogP contribution in [-0.4, -0.2) is 44.1 Å². The number of ether oxygens (including phenoxy) is 1. The molecule has 1 N–H and O–H groups in total. The summed E-state index contributed by atoms with van der Waals surface area (Å²) in [5.74, 6) is 2.30. The van der Waals surface area contributed by atoms with Crippen LogP contribution < -0.4 is 9.64 Å². The molecule has 2 aliphatic rings. The van der Waals surface area contributed by atoms with Crippen LogP contribution in [0, 0.1) is 11.8 Å². The van der Waals surface area contributed by atoms with Crippen LogP contribution in [0.15, 0.2) is 24.3 Å². The van der Waals surface area contributed by atoms with Gasteiger partial charge in [-0.2, -0.15) is 0 Å². The first-order chi connectivity index (χ1) is 11.7. The van der Waals surface area contributed by atoms with Crippen molar-refractivity contribution in [3.63, 3.8) is 0 Å². The van der Waals surface area contributed by atoms with Gasteiger partial charge in [0.15, 0.2) is 0 Å². The van der Waals surface area contributed by atoms with Crippen LogP contribution >= 0.6 is 0 Å². The minimum absolute atomic E-state index is 0.247. The average Bonchev–Trinajstić information content (AvgIpc) is 2.62. The molecule has 0 saturated carbocycles. The Morgan fingerprint density at radius 2 is 2.00 bits per heavy atom. The van der Waals surface area contributed by atoms with Crippen molar-refractivity contribution in [1.29, 1.82) is 0 Å². The van der Waals surface area contributed by atoms with E-state index in [1.807, 2.05) is 12.1 Å². The Kier molecular flexibility index (Phi) is 5.77. The number of quaternary nitrogens is 1. The molecule has 0 aromatic heterocycles. The van der Waals surface area contributed by atoms with Gasteiger partial charge in [-0.1, -0.05) is 19.1 Å². The van der Waals surface area contributed by atoms with E-state index < -0.39 is 0 Å². The Bertz CT molecular complexity index is 552. The van der Waals surface area contributed by atoms with E-state index in [1.54, 1.807) is 12.0 Å². The average molecular weight is 331 g/mol. The first kappa shape index (κ1) is 17.3. The second-order valence-electron chi connectivity index (χ2n) is 7.54. The number of para-hydroxylation sites is 1. The molecule has 0 unspecified atom stereocenters. The molecule has 1 aromatic carbocycles. The lowest BCUT2D eigenvalue weighted by Gasteiger charge is -2.36. The van der Waals surface area contributed by atoms with Gasteiger partial charge in [-0.25, -0.2) is 0 Å². The molecule has 4 nitrogen and oxygen atoms in total. The van der Waals surface area contributed by atoms with E-state index in [2.05, 4.69) is 24.0 Å². The van der Waals surface area contributed by atoms with E-state index in [-0.39, 0.29) is 5.92 Å². The zero-order valence-corrected chi connectivity index (χ0v) is 15.1. The van der Waals surface area contributed by atoms with Gasteiger partial charge in [0.25, 0.3) is 0 Å². The molecule has 2 saturated heterocycles. The van der Waals surface area contributed by atoms with Crippen molar-refractivity contribution in [2.75, 3.05) is 33.3 Å². The fourth-order valence-electron chi connectivity index (χ4n) is 4.22. The standard InChI is InChI=1S/C20H30N2O2/c1-16-6-5-11-22(14-16)20(23)17-9-12-21(13-10-17)15-18-7-3-4-8-19(18)24-2/h3-4,7-8,16-17H,5-6,9-15H2,1-2H3/p+1/t16-/m0/s1. The number of piperidine rings is 2. The predicted octanol–water partition coefficient (Wildman–Crippen LogP) is 1.75. The van der Waals surface area contributed by atoms with Crippen LogP contribution in [0.1, 0.15) is 38.2 Å². The van der Waals surface area contributed by atoms with E-state index in [0.29, 0.717) is 11.8 Å². The molecule has 132 valence electrons. The monoisotopic (exact) mass is 331 g/mol. The summed E-state index contributed by atoms with van der Waals surface area (Å²) in [5, 5.41) is 0. The molecule has 1 amide bonds. The lowest BCUT2D eigenvalue weighted by atomic mass is 9.92. The molecule has 0 aliphatic carbocycles. The number of amides is 1. The van der Waals surface area contributed by atoms with Gasteiger partial charge in [0.1, 0.15) is 12.3 Å². The summed E-state index contributed by atoms with van der Waals surface area (Å²) >= 11 is 0. The normalized spacial score (nSPS) is 27.8. The number of hydrogen-bond acceptors (Lipinski definition) is 2. The number of nitrogens with zero attached hydrogens (tertiary/aromatic N) is 1. The molecule has 1 aromatic rings. The van der Waals surface area contributed by atoms with Crippen molar-refractivity contribution in [2.24, 2.45) is 11.8 Å². The Morgan fingerprint density at radius 3 is 2.71 bits per heavy atom. The number of benzene rings is 1. The van der Waals surface area contributed by atoms with Gasteiger partial charge < -0.3 is 14.5 Å². The lowest BCUT2D eigenvalue weighted by Crippen LogP contribution is -3.11. The van der Waals surface area contributed by atoms with E-state index in [9.17, 15) is 4.79 Å². The fraction of sp³-hybridized carbons (Fsp3) is 0.650. The smallest absolute Gasteiger partial charge is 0.226 e. The highest BCUT2D eigenvalue weighted by atomic mass is 16.5. The van der Waals surface area contributed by atoms with E-state index in [4.69, 9.17) is 4.74 Å². The first-order valence-electron chi connectivity index (χ1n) is 9.41. The predicted molar refractivity (Wildman–Crippen MR) is 95.1 cm³/mol. The number of likely N-dealkylation sites (tertiary alicyclic amines) is 2. The molecule has 4 heteroatoms. The van der Waals surface area contributed by atoms with E-state index >= 15 is 0 Å². The number of carbonyl (C=O) groups excluding carboxylic acids is 1. The minimum atomic E-state index is 0.247. The van der Waals surface area contributed by atoms with Gasteiger partial charge in [-0.05, 0) is 30.9 Å². The first-order valence-corrected chi connectivity index (χ1v) is 9.41. The fourth-order valence-corrected chi connectivity index (χ4v) is 4.22. The molecule has 2 heterocycles. The molecule has 0 bridgehead atoms. The molecular formula is C20H31N2O2+. The second-order valence-corrected chi connectivity index (χ2v) is 7.54. The highest BCUT2D eigenvalue weighted by Crippen LogP contribution is 2.21. The van der Waals surface area contributed by atoms with Gasteiger partial charge >= 0.3 is 0 Å². The van der Waals surface area contributed by atoms with Gasteiger partial charge in [-0.3, -0.25) is 4.79 Å². The lowest BCUT2D eigenvalue weighted by molar-refractivity contribution is -0.919. The molecule has 24 heavy (non-hydrogen) atoms. The Labute approximate surface area is 145 Å². The van der Waals surface area contributed by atoms with Crippen molar-refractivity contribution < 1.29 is 14.4 Å². The van der Waals surface area contributed by atoms with Crippen molar-refractivity contribution in [3.05, 3.63) is 29.8 Å². The zero-order valence-electron chi connectivity index (χ0n) is 15.1. The van der Waals surface area contributed by atoms with Gasteiger partial charge in [0.2, 0.25) is 5.91 Å². The molecule has 0 radical (unpaired) electrons. The molecule has 0 spiro atoms. The van der Waals surface area contributed by atoms with Crippen LogP contribution in [0.2, 0.25) is 0 Å². The quantitative estimate of drug-likeness (QED) is 0.912. The highest BCUT2D eigenvalue weighted by molar-refractivity contribution is 5.79. The SMILES string of the molecule is COc1ccccc1C[NH+]1CCC(C(=O)N2CCC[C@H](C)C2)CC1. The van der Waals surface area contributed by atoms with Crippen molar-refractivity contribution >= 4 is 5.91 Å². The summed E-state index contributed by atoms with van der Waals surface area (Å²) in [4.78, 5) is 16.5. The Balaban J connectivity index is 1.51. The number of nitrogens with one attached hydrogen (secondary N) is 1. The van der Waals surface area contributed by atoms with Crippen molar-refractivity contribution in [1.82, 2.24) is 4.90 Å². The zero-order chi connectivity index (χ0) is 16.9. The summed E-state index contributed by atoms with van der Waals surface area (Å²) in [7, 11) is 1.73. The van der Waals surface area contributed by atoms with Crippen molar-refractivity contribution in [3.8, 4) is 5.75 Å². The molecule has 3 rings (SSSR count). The van der Waals surface area contributed by atoms with Crippen LogP contribution in [0.4, 0.5) is 0 Å². The molecule has 2 aliphatic heterocycles. The number of carbonyl (C=O) groups is 1. The second kappa shape index (κ2) is 8.02. The summed E-state index contributed by atoms with van der Waals surface area (Å²) in [6, 6.07) is 8.27. The summed E-state index contributed by atoms with van der Waals surface area (Å²) < 4.78 is 5.46. The van der Waals surface area contributed by atoms with Gasteiger partial charge in [0.05, 0.1) is 20.2 Å². The largest absolute Gasteiger partial charge is 0.496 e. The van der Waals surface area contributed by atoms with E-state index in [1.165, 1.54) is 18.4 Å². The minimum Gasteiger partial charge on any atom is -0.496 e. The highest BCUT2D eigenvalue weighted by Gasteiger charge is 2.32. The number of methoxy groups -OCH3 is 1. The topological polar surface area (TPSA) is 34.0 Å². The van der Waals surface area contributed by atoms with Crippen LogP contribution in [-0.2, 0) is 11.3 Å². The molecular weight excluding hydrogens is 300 g/mol. The summed E-state index contributed by atoms with van der Waals surface area (Å²) in [6.45, 7) is 7.35. The number of rotatable bonds is 4. The third kappa shape index (κ3) is 4.10. The molecule has 1 atom stereocenters. The maximum atomic E-state index is 12.8. The Hall–Kier alpha value is -1.55. The van der Waals surface area contributed by atoms with Crippen LogP contribution in [0.5, 0.6) is 5.75 Å². The summed E-state index contributed by atoms with van der Waals surface area (Å²) in [5.41, 5.74) is 1.27. The van der Waals surface area contributed by atoms with E-state index in [0.717, 1.165) is 51.3 Å². The summed E-state index contributed by atoms with van der Waals surface area (Å²) in [6.07, 6.45) is 4.48. The van der Waals surface area contributed by atoms with Crippen LogP contribution in [0.25, 0.3) is 0 Å². The Morgan fingerprint density at radius 1 is 1.25 bits per heavy atom.